The average molecular weight is 205 g/mol. The average Bonchev–Trinajstić information content (AvgIpc) is 2.73. The Labute approximate surface area is 91.9 Å². The molecule has 2 unspecified atom stereocenters. The van der Waals surface area contributed by atoms with Crippen molar-refractivity contribution in [3.63, 3.8) is 0 Å². The monoisotopic (exact) mass is 205 g/mol. The SMILES string of the molecule is CCC1CC(OC)CN1c1ccccc1. The molecule has 0 saturated carbocycles. The van der Waals surface area contributed by atoms with Crippen molar-refractivity contribution in [1.29, 1.82) is 0 Å². The summed E-state index contributed by atoms with van der Waals surface area (Å²) in [6.45, 7) is 3.28. The predicted molar refractivity (Wildman–Crippen MR) is 63.3 cm³/mol. The third-order valence-electron chi connectivity index (χ3n) is 3.27. The maximum absolute atomic E-state index is 5.45. The number of ether oxygens (including phenoxy) is 1. The molecule has 0 aliphatic carbocycles. The zero-order valence-electron chi connectivity index (χ0n) is 9.52. The highest BCUT2D eigenvalue weighted by Crippen LogP contribution is 2.28. The Morgan fingerprint density at radius 3 is 2.67 bits per heavy atom. The molecule has 1 aromatic rings. The maximum Gasteiger partial charge on any atom is 0.0765 e. The van der Waals surface area contributed by atoms with E-state index in [1.165, 1.54) is 12.1 Å². The van der Waals surface area contributed by atoms with Crippen LogP contribution in [0.5, 0.6) is 0 Å². The molecule has 2 atom stereocenters. The van der Waals surface area contributed by atoms with Crippen molar-refractivity contribution < 1.29 is 4.74 Å². The molecule has 0 amide bonds. The Hall–Kier alpha value is -1.02. The number of anilines is 1. The first-order valence-corrected chi connectivity index (χ1v) is 5.69. The minimum absolute atomic E-state index is 0.398. The minimum atomic E-state index is 0.398. The predicted octanol–water partition coefficient (Wildman–Crippen LogP) is 2.69. The molecule has 15 heavy (non-hydrogen) atoms. The molecule has 1 aliphatic rings. The molecule has 1 saturated heterocycles. The van der Waals surface area contributed by atoms with Crippen molar-refractivity contribution in [2.24, 2.45) is 0 Å². The molecule has 0 N–H and O–H groups in total. The van der Waals surface area contributed by atoms with Crippen LogP contribution in [-0.4, -0.2) is 25.8 Å². The van der Waals surface area contributed by atoms with E-state index < -0.39 is 0 Å². The van der Waals surface area contributed by atoms with Gasteiger partial charge in [0, 0.05) is 25.4 Å². The number of methoxy groups -OCH3 is 1. The Morgan fingerprint density at radius 1 is 1.33 bits per heavy atom. The van der Waals surface area contributed by atoms with Crippen molar-refractivity contribution in [1.82, 2.24) is 0 Å². The molecule has 1 heterocycles. The summed E-state index contributed by atoms with van der Waals surface area (Å²) in [5.41, 5.74) is 1.32. The second kappa shape index (κ2) is 4.67. The highest BCUT2D eigenvalue weighted by Gasteiger charge is 2.30. The minimum Gasteiger partial charge on any atom is -0.380 e. The van der Waals surface area contributed by atoms with Gasteiger partial charge in [-0.15, -0.1) is 0 Å². The molecule has 2 heteroatoms. The molecule has 2 rings (SSSR count). The highest BCUT2D eigenvalue weighted by molar-refractivity contribution is 5.48. The number of para-hydroxylation sites is 1. The second-order valence-electron chi connectivity index (χ2n) is 4.14. The lowest BCUT2D eigenvalue weighted by Crippen LogP contribution is -2.29. The number of nitrogens with zero attached hydrogens (tertiary/aromatic N) is 1. The topological polar surface area (TPSA) is 12.5 Å². The Balaban J connectivity index is 2.14. The van der Waals surface area contributed by atoms with Crippen molar-refractivity contribution in [2.45, 2.75) is 31.9 Å². The Morgan fingerprint density at radius 2 is 2.07 bits per heavy atom. The van der Waals surface area contributed by atoms with E-state index in [0.717, 1.165) is 13.0 Å². The first-order chi connectivity index (χ1) is 7.35. The van der Waals surface area contributed by atoms with Gasteiger partial charge in [-0.1, -0.05) is 25.1 Å². The smallest absolute Gasteiger partial charge is 0.0765 e. The van der Waals surface area contributed by atoms with Gasteiger partial charge in [-0.3, -0.25) is 0 Å². The summed E-state index contributed by atoms with van der Waals surface area (Å²) in [6, 6.07) is 11.3. The van der Waals surface area contributed by atoms with Crippen LogP contribution in [-0.2, 0) is 4.74 Å². The number of rotatable bonds is 3. The van der Waals surface area contributed by atoms with E-state index in [9.17, 15) is 0 Å². The molecule has 0 bridgehead atoms. The maximum atomic E-state index is 5.45. The molecule has 82 valence electrons. The Bertz CT molecular complexity index is 299. The van der Waals surface area contributed by atoms with Crippen LogP contribution in [0.4, 0.5) is 5.69 Å². The van der Waals surface area contributed by atoms with E-state index in [0.29, 0.717) is 12.1 Å². The zero-order valence-corrected chi connectivity index (χ0v) is 9.52. The van der Waals surface area contributed by atoms with Gasteiger partial charge in [0.05, 0.1) is 6.10 Å². The third kappa shape index (κ3) is 2.15. The molecule has 2 nitrogen and oxygen atoms in total. The normalized spacial score (nSPS) is 25.9. The number of benzene rings is 1. The van der Waals surface area contributed by atoms with E-state index in [-0.39, 0.29) is 0 Å². The van der Waals surface area contributed by atoms with E-state index in [4.69, 9.17) is 4.74 Å². The molecular weight excluding hydrogens is 186 g/mol. The van der Waals surface area contributed by atoms with Gasteiger partial charge in [0.1, 0.15) is 0 Å². The Kier molecular flexibility index (Phi) is 3.27. The van der Waals surface area contributed by atoms with E-state index in [2.05, 4.69) is 42.2 Å². The molecule has 0 aromatic heterocycles. The van der Waals surface area contributed by atoms with Crippen molar-refractivity contribution >= 4 is 5.69 Å². The van der Waals surface area contributed by atoms with Crippen molar-refractivity contribution in [2.75, 3.05) is 18.6 Å². The molecule has 0 radical (unpaired) electrons. The van der Waals surface area contributed by atoms with E-state index >= 15 is 0 Å². The lowest BCUT2D eigenvalue weighted by atomic mass is 10.1. The van der Waals surface area contributed by atoms with Gasteiger partial charge in [0.15, 0.2) is 0 Å². The first-order valence-electron chi connectivity index (χ1n) is 5.69. The van der Waals surface area contributed by atoms with Gasteiger partial charge in [0.25, 0.3) is 0 Å². The largest absolute Gasteiger partial charge is 0.380 e. The van der Waals surface area contributed by atoms with Crippen LogP contribution >= 0.6 is 0 Å². The summed E-state index contributed by atoms with van der Waals surface area (Å²) < 4.78 is 5.45. The molecule has 1 fully saturated rings. The van der Waals surface area contributed by atoms with Gasteiger partial charge in [-0.25, -0.2) is 0 Å². The second-order valence-corrected chi connectivity index (χ2v) is 4.14. The van der Waals surface area contributed by atoms with Crippen molar-refractivity contribution in [3.05, 3.63) is 30.3 Å². The summed E-state index contributed by atoms with van der Waals surface area (Å²) in [6.07, 6.45) is 2.74. The van der Waals surface area contributed by atoms with Crippen LogP contribution in [0.15, 0.2) is 30.3 Å². The number of hydrogen-bond donors (Lipinski definition) is 0. The highest BCUT2D eigenvalue weighted by atomic mass is 16.5. The van der Waals surface area contributed by atoms with Crippen LogP contribution < -0.4 is 4.90 Å². The van der Waals surface area contributed by atoms with Gasteiger partial charge in [0.2, 0.25) is 0 Å². The lowest BCUT2D eigenvalue weighted by molar-refractivity contribution is 0.118. The van der Waals surface area contributed by atoms with E-state index in [1.807, 2.05) is 7.11 Å². The third-order valence-corrected chi connectivity index (χ3v) is 3.27. The molecule has 1 aromatic carbocycles. The molecule has 1 aliphatic heterocycles. The van der Waals surface area contributed by atoms with Crippen LogP contribution in [0.25, 0.3) is 0 Å². The van der Waals surface area contributed by atoms with Crippen molar-refractivity contribution in [3.8, 4) is 0 Å². The summed E-state index contributed by atoms with van der Waals surface area (Å²) in [4.78, 5) is 2.47. The number of hydrogen-bond acceptors (Lipinski definition) is 2. The van der Waals surface area contributed by atoms with Gasteiger partial charge in [-0.2, -0.15) is 0 Å². The van der Waals surface area contributed by atoms with Crippen LogP contribution in [0.2, 0.25) is 0 Å². The fraction of sp³-hybridized carbons (Fsp3) is 0.538. The fourth-order valence-corrected chi connectivity index (χ4v) is 2.37. The first kappa shape index (κ1) is 10.5. The summed E-state index contributed by atoms with van der Waals surface area (Å²) >= 11 is 0. The molecular formula is C13H19NO. The zero-order chi connectivity index (χ0) is 10.7. The van der Waals surface area contributed by atoms with Crippen LogP contribution in [0.1, 0.15) is 19.8 Å². The van der Waals surface area contributed by atoms with Crippen LogP contribution in [0, 0.1) is 0 Å². The summed E-state index contributed by atoms with van der Waals surface area (Å²) in [5.74, 6) is 0. The van der Waals surface area contributed by atoms with Gasteiger partial charge >= 0.3 is 0 Å². The fourth-order valence-electron chi connectivity index (χ4n) is 2.37. The summed E-state index contributed by atoms with van der Waals surface area (Å²) in [5, 5.41) is 0. The molecule has 0 spiro atoms. The summed E-state index contributed by atoms with van der Waals surface area (Å²) in [7, 11) is 1.81. The quantitative estimate of drug-likeness (QED) is 0.752. The van der Waals surface area contributed by atoms with Gasteiger partial charge in [-0.05, 0) is 25.0 Å². The van der Waals surface area contributed by atoms with E-state index in [1.54, 1.807) is 0 Å². The van der Waals surface area contributed by atoms with Gasteiger partial charge < -0.3 is 9.64 Å². The van der Waals surface area contributed by atoms with Crippen LogP contribution in [0.3, 0.4) is 0 Å². The standard InChI is InChI=1S/C13H19NO/c1-3-11-9-13(15-2)10-14(11)12-7-5-4-6-8-12/h4-8,11,13H,3,9-10H2,1-2H3. The lowest BCUT2D eigenvalue weighted by Gasteiger charge is -2.25.